The van der Waals surface area contributed by atoms with E-state index in [-0.39, 0.29) is 5.91 Å². The van der Waals surface area contributed by atoms with Gasteiger partial charge in [0.25, 0.3) is 5.91 Å². The van der Waals surface area contributed by atoms with E-state index >= 15 is 0 Å². The average Bonchev–Trinajstić information content (AvgIpc) is 3.01. The van der Waals surface area contributed by atoms with Gasteiger partial charge in [-0.15, -0.1) is 15.3 Å². The van der Waals surface area contributed by atoms with Crippen molar-refractivity contribution < 1.29 is 4.79 Å². The van der Waals surface area contributed by atoms with Crippen molar-refractivity contribution in [3.63, 3.8) is 0 Å². The molecule has 0 aliphatic carbocycles. The van der Waals surface area contributed by atoms with E-state index in [1.54, 1.807) is 4.90 Å². The van der Waals surface area contributed by atoms with Gasteiger partial charge < -0.3 is 4.90 Å². The number of fused-ring (bicyclic) bond motifs is 1. The van der Waals surface area contributed by atoms with E-state index in [0.717, 1.165) is 5.69 Å². The third kappa shape index (κ3) is 2.08. The highest BCUT2D eigenvalue weighted by molar-refractivity contribution is 7.18. The predicted octanol–water partition coefficient (Wildman–Crippen LogP) is 1.85. The van der Waals surface area contributed by atoms with Crippen molar-refractivity contribution in [2.45, 2.75) is 6.92 Å². The molecule has 1 amide bonds. The van der Waals surface area contributed by atoms with Crippen molar-refractivity contribution in [3.05, 3.63) is 41.7 Å². The van der Waals surface area contributed by atoms with Crippen LogP contribution in [0.1, 0.15) is 16.7 Å². The lowest BCUT2D eigenvalue weighted by Crippen LogP contribution is -2.30. The summed E-state index contributed by atoms with van der Waals surface area (Å²) in [5.74, 6) is -0.121. The zero-order valence-corrected chi connectivity index (χ0v) is 11.0. The van der Waals surface area contributed by atoms with Gasteiger partial charge in [0.2, 0.25) is 9.97 Å². The van der Waals surface area contributed by atoms with Crippen LogP contribution in [0.3, 0.4) is 0 Å². The number of aromatic nitrogens is 4. The topological polar surface area (TPSA) is 63.4 Å². The molecule has 6 nitrogen and oxygen atoms in total. The minimum atomic E-state index is -0.121. The van der Waals surface area contributed by atoms with Crippen LogP contribution in [-0.2, 0) is 0 Å². The zero-order chi connectivity index (χ0) is 13.2. The van der Waals surface area contributed by atoms with Crippen LogP contribution in [0.25, 0.3) is 4.96 Å². The molecule has 3 rings (SSSR count). The lowest BCUT2D eigenvalue weighted by atomic mass is 10.3. The Morgan fingerprint density at radius 3 is 2.84 bits per heavy atom. The summed E-state index contributed by atoms with van der Waals surface area (Å²) in [5, 5.41) is 12.2. The van der Waals surface area contributed by atoms with E-state index in [2.05, 4.69) is 15.3 Å². The molecule has 0 unspecified atom stereocenters. The van der Waals surface area contributed by atoms with Crippen LogP contribution < -0.4 is 4.90 Å². The molecule has 0 aliphatic rings. The van der Waals surface area contributed by atoms with Gasteiger partial charge >= 0.3 is 0 Å². The summed E-state index contributed by atoms with van der Waals surface area (Å²) in [6, 6.07) is 9.54. The number of benzene rings is 1. The Morgan fingerprint density at radius 1 is 1.37 bits per heavy atom. The first-order chi connectivity index (χ1) is 9.29. The van der Waals surface area contributed by atoms with Crippen LogP contribution in [0.2, 0.25) is 0 Å². The number of anilines is 1. The van der Waals surface area contributed by atoms with Gasteiger partial charge in [-0.25, -0.2) is 0 Å². The quantitative estimate of drug-likeness (QED) is 0.730. The van der Waals surface area contributed by atoms with Gasteiger partial charge in [-0.05, 0) is 19.1 Å². The summed E-state index contributed by atoms with van der Waals surface area (Å²) in [6.07, 6.45) is 1.49. The molecule has 96 valence electrons. The Hall–Kier alpha value is -2.28. The van der Waals surface area contributed by atoms with Gasteiger partial charge in [0.05, 0.1) is 0 Å². The maximum Gasteiger partial charge on any atom is 0.289 e. The number of para-hydroxylation sites is 1. The van der Waals surface area contributed by atoms with Crippen LogP contribution in [0.15, 0.2) is 36.7 Å². The summed E-state index contributed by atoms with van der Waals surface area (Å²) < 4.78 is 1.51. The van der Waals surface area contributed by atoms with Crippen LogP contribution in [0.5, 0.6) is 0 Å². The molecule has 0 aliphatic heterocycles. The van der Waals surface area contributed by atoms with E-state index in [1.165, 1.54) is 22.2 Å². The standard InChI is InChI=1S/C12H11N5OS/c1-2-16(9-6-4-3-5-7-9)11(18)10-15-17-8-13-14-12(17)19-10/h3-8H,2H2,1H3. The fraction of sp³-hybridized carbons (Fsp3) is 0.167. The minimum absolute atomic E-state index is 0.121. The van der Waals surface area contributed by atoms with Crippen LogP contribution in [0.4, 0.5) is 5.69 Å². The van der Waals surface area contributed by atoms with Crippen molar-refractivity contribution in [2.75, 3.05) is 11.4 Å². The molecular formula is C12H11N5OS. The number of hydrogen-bond donors (Lipinski definition) is 0. The van der Waals surface area contributed by atoms with Crippen LogP contribution in [-0.4, -0.2) is 32.3 Å². The maximum atomic E-state index is 12.5. The van der Waals surface area contributed by atoms with Gasteiger partial charge in [-0.3, -0.25) is 4.79 Å². The number of nitrogens with zero attached hydrogens (tertiary/aromatic N) is 5. The van der Waals surface area contributed by atoms with E-state index in [0.29, 0.717) is 16.5 Å². The summed E-state index contributed by atoms with van der Waals surface area (Å²) in [6.45, 7) is 2.52. The van der Waals surface area contributed by atoms with Gasteiger partial charge in [0.15, 0.2) is 0 Å². The lowest BCUT2D eigenvalue weighted by Gasteiger charge is -2.19. The third-order valence-electron chi connectivity index (χ3n) is 2.70. The highest BCUT2D eigenvalue weighted by Gasteiger charge is 2.20. The second-order valence-corrected chi connectivity index (χ2v) is 4.81. The summed E-state index contributed by atoms with van der Waals surface area (Å²) >= 11 is 1.24. The highest BCUT2D eigenvalue weighted by Crippen LogP contribution is 2.19. The molecule has 0 saturated heterocycles. The first-order valence-electron chi connectivity index (χ1n) is 5.83. The van der Waals surface area contributed by atoms with E-state index < -0.39 is 0 Å². The highest BCUT2D eigenvalue weighted by atomic mass is 32.1. The van der Waals surface area contributed by atoms with Crippen molar-refractivity contribution >= 4 is 27.9 Å². The molecule has 7 heteroatoms. The number of amides is 1. The summed E-state index contributed by atoms with van der Waals surface area (Å²) in [4.78, 5) is 14.8. The number of carbonyl (C=O) groups excluding carboxylic acids is 1. The van der Waals surface area contributed by atoms with Gasteiger partial charge in [-0.2, -0.15) is 4.52 Å². The van der Waals surface area contributed by atoms with Crippen molar-refractivity contribution in [3.8, 4) is 0 Å². The number of carbonyl (C=O) groups is 1. The Balaban J connectivity index is 1.95. The molecule has 19 heavy (non-hydrogen) atoms. The number of rotatable bonds is 3. The normalized spacial score (nSPS) is 10.8. The fourth-order valence-corrected chi connectivity index (χ4v) is 2.58. The van der Waals surface area contributed by atoms with Gasteiger partial charge in [-0.1, -0.05) is 29.5 Å². The molecular weight excluding hydrogens is 262 g/mol. The monoisotopic (exact) mass is 273 g/mol. The molecule has 0 fully saturated rings. The van der Waals surface area contributed by atoms with E-state index in [1.807, 2.05) is 37.3 Å². The van der Waals surface area contributed by atoms with Crippen LogP contribution >= 0.6 is 11.3 Å². The molecule has 0 N–H and O–H groups in total. The Bertz CT molecular complexity index is 677. The molecule has 3 aromatic rings. The second-order valence-electron chi connectivity index (χ2n) is 3.85. The van der Waals surface area contributed by atoms with Crippen LogP contribution in [0, 0.1) is 0 Å². The summed E-state index contributed by atoms with van der Waals surface area (Å²) in [5.41, 5.74) is 0.862. The molecule has 1 aromatic carbocycles. The van der Waals surface area contributed by atoms with Crippen molar-refractivity contribution in [1.82, 2.24) is 19.8 Å². The first kappa shape index (κ1) is 11.8. The second kappa shape index (κ2) is 4.77. The summed E-state index contributed by atoms with van der Waals surface area (Å²) in [7, 11) is 0. The molecule has 0 atom stereocenters. The molecule has 2 heterocycles. The first-order valence-corrected chi connectivity index (χ1v) is 6.65. The Kier molecular flexibility index (Phi) is 2.96. The smallest absolute Gasteiger partial charge is 0.289 e. The third-order valence-corrected chi connectivity index (χ3v) is 3.60. The van der Waals surface area contributed by atoms with Crippen molar-refractivity contribution in [2.24, 2.45) is 0 Å². The number of hydrogen-bond acceptors (Lipinski definition) is 5. The zero-order valence-electron chi connectivity index (χ0n) is 10.2. The van der Waals surface area contributed by atoms with Crippen molar-refractivity contribution in [1.29, 1.82) is 0 Å². The molecule has 0 radical (unpaired) electrons. The Morgan fingerprint density at radius 2 is 2.16 bits per heavy atom. The maximum absolute atomic E-state index is 12.5. The lowest BCUT2D eigenvalue weighted by molar-refractivity contribution is 0.0987. The molecule has 0 bridgehead atoms. The molecule has 2 aromatic heterocycles. The largest absolute Gasteiger partial charge is 0.307 e. The van der Waals surface area contributed by atoms with Gasteiger partial charge in [0, 0.05) is 12.2 Å². The minimum Gasteiger partial charge on any atom is -0.307 e. The Labute approximate surface area is 113 Å². The van der Waals surface area contributed by atoms with Gasteiger partial charge in [0.1, 0.15) is 6.33 Å². The molecule has 0 spiro atoms. The van der Waals surface area contributed by atoms with E-state index in [4.69, 9.17) is 0 Å². The fourth-order valence-electron chi connectivity index (χ4n) is 1.81. The molecule has 0 saturated carbocycles. The SMILES string of the molecule is CCN(C(=O)c1nn2cnnc2s1)c1ccccc1. The predicted molar refractivity (Wildman–Crippen MR) is 72.5 cm³/mol. The average molecular weight is 273 g/mol. The van der Waals surface area contributed by atoms with E-state index in [9.17, 15) is 4.79 Å².